The molecule has 1 aromatic heterocycles. The number of likely N-dealkylation sites (N-methyl/N-ethyl adjacent to an activating group) is 1. The first-order valence-corrected chi connectivity index (χ1v) is 9.72. The highest BCUT2D eigenvalue weighted by Gasteiger charge is 2.39. The van der Waals surface area contributed by atoms with Crippen molar-refractivity contribution in [3.05, 3.63) is 36.5 Å². The van der Waals surface area contributed by atoms with E-state index in [-0.39, 0.29) is 17.7 Å². The second-order valence-corrected chi connectivity index (χ2v) is 7.71. The molecule has 1 aliphatic carbocycles. The van der Waals surface area contributed by atoms with Gasteiger partial charge in [-0.05, 0) is 30.4 Å². The van der Waals surface area contributed by atoms with Crippen molar-refractivity contribution < 1.29 is 9.59 Å². The van der Waals surface area contributed by atoms with Crippen LogP contribution in [0.3, 0.4) is 0 Å². The first-order valence-electron chi connectivity index (χ1n) is 9.72. The zero-order valence-electron chi connectivity index (χ0n) is 15.4. The van der Waals surface area contributed by atoms with E-state index >= 15 is 0 Å². The van der Waals surface area contributed by atoms with Crippen LogP contribution in [-0.2, 0) is 16.1 Å². The molecule has 5 heteroatoms. The van der Waals surface area contributed by atoms with E-state index in [1.54, 1.807) is 4.90 Å². The van der Waals surface area contributed by atoms with Gasteiger partial charge in [-0.2, -0.15) is 0 Å². The number of carbonyl (C=O) groups excluding carboxylic acids is 2. The highest BCUT2D eigenvalue weighted by atomic mass is 16.2. The topological polar surface area (TPSA) is 45.6 Å². The molecule has 2 amide bonds. The molecule has 2 heterocycles. The van der Waals surface area contributed by atoms with Gasteiger partial charge in [-0.1, -0.05) is 31.0 Å². The van der Waals surface area contributed by atoms with Crippen LogP contribution in [0.1, 0.15) is 32.1 Å². The number of carbonyl (C=O) groups is 2. The average Bonchev–Trinajstić information content (AvgIpc) is 3.38. The van der Waals surface area contributed by atoms with Gasteiger partial charge in [0.05, 0.1) is 5.92 Å². The lowest BCUT2D eigenvalue weighted by Crippen LogP contribution is -2.38. The van der Waals surface area contributed by atoms with Gasteiger partial charge in [0.15, 0.2) is 0 Å². The van der Waals surface area contributed by atoms with Crippen LogP contribution >= 0.6 is 0 Å². The number of hydrogen-bond donors (Lipinski definition) is 0. The summed E-state index contributed by atoms with van der Waals surface area (Å²) in [6, 6.07) is 10.8. The SMILES string of the molecule is CN(CCn1ccc2ccccc21)C(=O)C1CC(=O)N(C2CCCC2)C1. The van der Waals surface area contributed by atoms with Gasteiger partial charge < -0.3 is 14.4 Å². The van der Waals surface area contributed by atoms with Crippen LogP contribution in [0.2, 0.25) is 0 Å². The summed E-state index contributed by atoms with van der Waals surface area (Å²) in [6.45, 7) is 2.04. The van der Waals surface area contributed by atoms with Crippen LogP contribution in [-0.4, -0.2) is 52.4 Å². The van der Waals surface area contributed by atoms with Crippen molar-refractivity contribution in [3.8, 4) is 0 Å². The monoisotopic (exact) mass is 353 g/mol. The Labute approximate surface area is 154 Å². The third kappa shape index (κ3) is 3.22. The molecule has 2 aliphatic rings. The Morgan fingerprint density at radius 2 is 1.96 bits per heavy atom. The molecule has 0 bridgehead atoms. The Hall–Kier alpha value is -2.30. The molecule has 1 saturated carbocycles. The standard InChI is InChI=1S/C21H27N3O2/c1-22(12-13-23-11-10-16-6-2-5-9-19(16)23)21(26)17-14-20(25)24(15-17)18-7-3-4-8-18/h2,5-6,9-11,17-18H,3-4,7-8,12-15H2,1H3. The summed E-state index contributed by atoms with van der Waals surface area (Å²) in [4.78, 5) is 28.9. The van der Waals surface area contributed by atoms with E-state index in [4.69, 9.17) is 0 Å². The number of benzene rings is 1. The fourth-order valence-corrected chi connectivity index (χ4v) is 4.48. The average molecular weight is 353 g/mol. The normalized spacial score (nSPS) is 21.0. The van der Waals surface area contributed by atoms with Gasteiger partial charge in [0.2, 0.25) is 11.8 Å². The molecule has 2 fully saturated rings. The molecule has 1 aromatic carbocycles. The smallest absolute Gasteiger partial charge is 0.227 e. The number of fused-ring (bicyclic) bond motifs is 1. The van der Waals surface area contributed by atoms with Gasteiger partial charge in [0, 0.05) is 50.9 Å². The van der Waals surface area contributed by atoms with Crippen molar-refractivity contribution in [2.75, 3.05) is 20.1 Å². The van der Waals surface area contributed by atoms with Crippen LogP contribution in [0.25, 0.3) is 10.9 Å². The summed E-state index contributed by atoms with van der Waals surface area (Å²) < 4.78 is 2.18. The molecule has 4 rings (SSSR count). The molecular formula is C21H27N3O2. The first-order chi connectivity index (χ1) is 12.6. The lowest BCUT2D eigenvalue weighted by molar-refractivity contribution is -0.134. The van der Waals surface area contributed by atoms with Crippen molar-refractivity contribution in [1.82, 2.24) is 14.4 Å². The van der Waals surface area contributed by atoms with E-state index in [1.807, 2.05) is 24.1 Å². The van der Waals surface area contributed by atoms with Gasteiger partial charge in [-0.3, -0.25) is 9.59 Å². The van der Waals surface area contributed by atoms with E-state index in [0.717, 1.165) is 19.4 Å². The van der Waals surface area contributed by atoms with Crippen LogP contribution in [0.5, 0.6) is 0 Å². The minimum absolute atomic E-state index is 0.107. The fraction of sp³-hybridized carbons (Fsp3) is 0.524. The van der Waals surface area contributed by atoms with Crippen molar-refractivity contribution in [3.63, 3.8) is 0 Å². The molecule has 0 N–H and O–H groups in total. The quantitative estimate of drug-likeness (QED) is 0.830. The zero-order chi connectivity index (χ0) is 18.1. The third-order valence-corrected chi connectivity index (χ3v) is 6.01. The molecule has 138 valence electrons. The summed E-state index contributed by atoms with van der Waals surface area (Å²) in [5.74, 6) is 0.102. The largest absolute Gasteiger partial charge is 0.346 e. The van der Waals surface area contributed by atoms with Crippen LogP contribution < -0.4 is 0 Å². The maximum atomic E-state index is 12.8. The summed E-state index contributed by atoms with van der Waals surface area (Å²) in [6.07, 6.45) is 7.07. The second-order valence-electron chi connectivity index (χ2n) is 7.71. The fourth-order valence-electron chi connectivity index (χ4n) is 4.48. The Kier molecular flexibility index (Phi) is 4.70. The number of nitrogens with zero attached hydrogens (tertiary/aromatic N) is 3. The van der Waals surface area contributed by atoms with E-state index < -0.39 is 0 Å². The molecule has 1 aliphatic heterocycles. The number of aromatic nitrogens is 1. The highest BCUT2D eigenvalue weighted by Crippen LogP contribution is 2.30. The number of para-hydroxylation sites is 1. The Morgan fingerprint density at radius 3 is 2.77 bits per heavy atom. The lowest BCUT2D eigenvalue weighted by Gasteiger charge is -2.25. The van der Waals surface area contributed by atoms with Gasteiger partial charge >= 0.3 is 0 Å². The highest BCUT2D eigenvalue weighted by molar-refractivity contribution is 5.89. The number of rotatable bonds is 5. The van der Waals surface area contributed by atoms with Crippen molar-refractivity contribution in [2.45, 2.75) is 44.7 Å². The maximum absolute atomic E-state index is 12.8. The molecule has 5 nitrogen and oxygen atoms in total. The van der Waals surface area contributed by atoms with Gasteiger partial charge in [-0.25, -0.2) is 0 Å². The van der Waals surface area contributed by atoms with Gasteiger partial charge in [0.1, 0.15) is 0 Å². The molecule has 0 radical (unpaired) electrons. The third-order valence-electron chi connectivity index (χ3n) is 6.01. The number of likely N-dealkylation sites (tertiary alicyclic amines) is 1. The molecule has 0 spiro atoms. The van der Waals surface area contributed by atoms with Crippen molar-refractivity contribution in [1.29, 1.82) is 0 Å². The van der Waals surface area contributed by atoms with Crippen molar-refractivity contribution >= 4 is 22.7 Å². The summed E-state index contributed by atoms with van der Waals surface area (Å²) >= 11 is 0. The van der Waals surface area contributed by atoms with Gasteiger partial charge in [0.25, 0.3) is 0 Å². The minimum Gasteiger partial charge on any atom is -0.346 e. The van der Waals surface area contributed by atoms with E-state index in [2.05, 4.69) is 29.0 Å². The maximum Gasteiger partial charge on any atom is 0.227 e. The molecule has 1 unspecified atom stereocenters. The lowest BCUT2D eigenvalue weighted by atomic mass is 10.1. The predicted molar refractivity (Wildman–Crippen MR) is 102 cm³/mol. The molecular weight excluding hydrogens is 326 g/mol. The summed E-state index contributed by atoms with van der Waals surface area (Å²) in [5, 5.41) is 1.22. The minimum atomic E-state index is -0.172. The zero-order valence-corrected chi connectivity index (χ0v) is 15.4. The Morgan fingerprint density at radius 1 is 1.19 bits per heavy atom. The van der Waals surface area contributed by atoms with Crippen LogP contribution in [0.15, 0.2) is 36.5 Å². The molecule has 26 heavy (non-hydrogen) atoms. The van der Waals surface area contributed by atoms with E-state index in [9.17, 15) is 9.59 Å². The Bertz CT molecular complexity index is 806. The second kappa shape index (κ2) is 7.14. The molecule has 1 atom stereocenters. The van der Waals surface area contributed by atoms with Crippen LogP contribution in [0, 0.1) is 5.92 Å². The molecule has 1 saturated heterocycles. The Balaban J connectivity index is 1.35. The summed E-state index contributed by atoms with van der Waals surface area (Å²) in [5.41, 5.74) is 1.19. The van der Waals surface area contributed by atoms with Crippen molar-refractivity contribution in [2.24, 2.45) is 5.92 Å². The van der Waals surface area contributed by atoms with E-state index in [0.29, 0.717) is 25.6 Å². The number of hydrogen-bond acceptors (Lipinski definition) is 2. The van der Waals surface area contributed by atoms with Gasteiger partial charge in [-0.15, -0.1) is 0 Å². The predicted octanol–water partition coefficient (Wildman–Crippen LogP) is 2.89. The first kappa shape index (κ1) is 17.1. The van der Waals surface area contributed by atoms with E-state index in [1.165, 1.54) is 23.7 Å². The summed E-state index contributed by atoms with van der Waals surface area (Å²) in [7, 11) is 1.86. The van der Waals surface area contributed by atoms with Crippen LogP contribution in [0.4, 0.5) is 0 Å². The number of amides is 2. The molecule has 2 aromatic rings.